The summed E-state index contributed by atoms with van der Waals surface area (Å²) in [7, 11) is 0. The van der Waals surface area contributed by atoms with Crippen LogP contribution in [0.4, 0.5) is 10.2 Å². The molecule has 3 heterocycles. The molecule has 0 saturated carbocycles. The fraction of sp³-hybridized carbons (Fsp3) is 0.0417. The molecule has 2 aromatic carbocycles. The molecule has 4 aromatic rings. The van der Waals surface area contributed by atoms with Crippen molar-refractivity contribution in [3.8, 4) is 29.0 Å². The van der Waals surface area contributed by atoms with Crippen molar-refractivity contribution in [2.75, 3.05) is 12.1 Å². The Bertz CT molecular complexity index is 1430. The second-order valence-electron chi connectivity index (χ2n) is 6.92. The molecule has 1 amide bonds. The Morgan fingerprint density at radius 2 is 1.82 bits per heavy atom. The molecule has 1 N–H and O–H groups in total. The Hall–Kier alpha value is -4.35. The first kappa shape index (κ1) is 20.5. The van der Waals surface area contributed by atoms with E-state index in [1.807, 2.05) is 30.3 Å². The molecular weight excluding hydrogens is 447 g/mol. The second-order valence-corrected chi connectivity index (χ2v) is 7.32. The number of nitrogens with zero attached hydrogens (tertiary/aromatic N) is 3. The van der Waals surface area contributed by atoms with Gasteiger partial charge in [-0.3, -0.25) is 4.79 Å². The maximum absolute atomic E-state index is 14.6. The van der Waals surface area contributed by atoms with Crippen molar-refractivity contribution in [3.05, 3.63) is 94.7 Å². The first-order chi connectivity index (χ1) is 16.1. The molecule has 0 fully saturated rings. The number of fused-ring (bicyclic) bond motifs is 1. The smallest absolute Gasteiger partial charge is 0.277 e. The van der Waals surface area contributed by atoms with Crippen LogP contribution in [-0.2, 0) is 0 Å². The molecular formula is C24H14ClFN4O3. The fourth-order valence-corrected chi connectivity index (χ4v) is 3.39. The fourth-order valence-electron chi connectivity index (χ4n) is 3.18. The van der Waals surface area contributed by atoms with Gasteiger partial charge in [0.1, 0.15) is 0 Å². The van der Waals surface area contributed by atoms with Gasteiger partial charge in [-0.1, -0.05) is 41.6 Å². The SMILES string of the molecule is O=C(Nc1ncc(C#Cc2ccccc2)cc1F)c1c(Cl)cnn1-c1ccc2c(c1)OCO2. The van der Waals surface area contributed by atoms with Gasteiger partial charge in [-0.25, -0.2) is 14.1 Å². The van der Waals surface area contributed by atoms with E-state index < -0.39 is 11.7 Å². The number of amides is 1. The molecule has 9 heteroatoms. The lowest BCUT2D eigenvalue weighted by Gasteiger charge is -2.10. The Morgan fingerprint density at radius 3 is 2.64 bits per heavy atom. The van der Waals surface area contributed by atoms with Crippen LogP contribution in [0.25, 0.3) is 5.69 Å². The van der Waals surface area contributed by atoms with E-state index in [1.54, 1.807) is 18.2 Å². The van der Waals surface area contributed by atoms with Gasteiger partial charge in [0.05, 0.1) is 16.9 Å². The lowest BCUT2D eigenvalue weighted by molar-refractivity contribution is 0.101. The van der Waals surface area contributed by atoms with Crippen LogP contribution >= 0.6 is 11.6 Å². The van der Waals surface area contributed by atoms with Gasteiger partial charge in [0.15, 0.2) is 28.8 Å². The van der Waals surface area contributed by atoms with Gasteiger partial charge >= 0.3 is 0 Å². The summed E-state index contributed by atoms with van der Waals surface area (Å²) in [5.74, 6) is 5.23. The van der Waals surface area contributed by atoms with Crippen molar-refractivity contribution < 1.29 is 18.7 Å². The number of halogens is 2. The number of pyridine rings is 1. The summed E-state index contributed by atoms with van der Waals surface area (Å²) >= 11 is 6.21. The highest BCUT2D eigenvalue weighted by Gasteiger charge is 2.22. The lowest BCUT2D eigenvalue weighted by atomic mass is 10.2. The summed E-state index contributed by atoms with van der Waals surface area (Å²) in [5, 5.41) is 6.69. The first-order valence-electron chi connectivity index (χ1n) is 9.76. The third-order valence-corrected chi connectivity index (χ3v) is 5.02. The summed E-state index contributed by atoms with van der Waals surface area (Å²) in [4.78, 5) is 16.9. The van der Waals surface area contributed by atoms with Crippen molar-refractivity contribution in [3.63, 3.8) is 0 Å². The molecule has 0 aliphatic carbocycles. The van der Waals surface area contributed by atoms with E-state index in [4.69, 9.17) is 21.1 Å². The zero-order valence-corrected chi connectivity index (χ0v) is 17.6. The van der Waals surface area contributed by atoms with E-state index in [0.717, 1.165) is 5.56 Å². The molecule has 7 nitrogen and oxygen atoms in total. The highest BCUT2D eigenvalue weighted by molar-refractivity contribution is 6.34. The number of aromatic nitrogens is 3. The number of hydrogen-bond acceptors (Lipinski definition) is 5. The summed E-state index contributed by atoms with van der Waals surface area (Å²) in [6.45, 7) is 0.114. The number of ether oxygens (including phenoxy) is 2. The average Bonchev–Trinajstić information content (AvgIpc) is 3.45. The summed E-state index contributed by atoms with van der Waals surface area (Å²) in [5.41, 5.74) is 1.71. The van der Waals surface area contributed by atoms with E-state index in [9.17, 15) is 9.18 Å². The molecule has 1 aliphatic rings. The van der Waals surface area contributed by atoms with Crippen LogP contribution < -0.4 is 14.8 Å². The van der Waals surface area contributed by atoms with Gasteiger partial charge in [-0.2, -0.15) is 5.10 Å². The summed E-state index contributed by atoms with van der Waals surface area (Å²) in [6, 6.07) is 15.6. The maximum Gasteiger partial charge on any atom is 0.277 e. The zero-order chi connectivity index (χ0) is 22.8. The van der Waals surface area contributed by atoms with Crippen LogP contribution in [0.3, 0.4) is 0 Å². The zero-order valence-electron chi connectivity index (χ0n) is 16.9. The molecule has 0 saturated heterocycles. The van der Waals surface area contributed by atoms with E-state index >= 15 is 0 Å². The van der Waals surface area contributed by atoms with Gasteiger partial charge < -0.3 is 14.8 Å². The topological polar surface area (TPSA) is 78.3 Å². The highest BCUT2D eigenvalue weighted by Crippen LogP contribution is 2.34. The van der Waals surface area contributed by atoms with Crippen molar-refractivity contribution in [2.24, 2.45) is 0 Å². The molecule has 0 atom stereocenters. The van der Waals surface area contributed by atoms with Gasteiger partial charge in [0.25, 0.3) is 5.91 Å². The minimum absolute atomic E-state index is 0.0182. The van der Waals surface area contributed by atoms with Crippen LogP contribution in [-0.4, -0.2) is 27.5 Å². The standard InChI is InChI=1S/C24H14ClFN4O3/c25-18-13-28-30(17-8-9-20-21(11-17)33-14-32-20)22(18)24(31)29-23-19(26)10-16(12-27-23)7-6-15-4-2-1-3-5-15/h1-5,8-13H,14H2,(H,27,29,31). The summed E-state index contributed by atoms with van der Waals surface area (Å²) in [6.07, 6.45) is 2.71. The van der Waals surface area contributed by atoms with Gasteiger partial charge in [-0.05, 0) is 30.3 Å². The molecule has 162 valence electrons. The molecule has 5 rings (SSSR count). The lowest BCUT2D eigenvalue weighted by Crippen LogP contribution is -2.19. The van der Waals surface area contributed by atoms with E-state index in [0.29, 0.717) is 22.7 Å². The Labute approximate surface area is 192 Å². The minimum Gasteiger partial charge on any atom is -0.454 e. The molecule has 0 unspecified atom stereocenters. The van der Waals surface area contributed by atoms with Gasteiger partial charge in [-0.15, -0.1) is 0 Å². The Morgan fingerprint density at radius 1 is 1.03 bits per heavy atom. The molecule has 0 bridgehead atoms. The van der Waals surface area contributed by atoms with Crippen LogP contribution in [0.2, 0.25) is 5.02 Å². The number of benzene rings is 2. The Kier molecular flexibility index (Phi) is 5.39. The van der Waals surface area contributed by atoms with Crippen LogP contribution in [0.1, 0.15) is 21.6 Å². The predicted octanol–water partition coefficient (Wildman–Crippen LogP) is 4.44. The van der Waals surface area contributed by atoms with E-state index in [2.05, 4.69) is 27.2 Å². The molecule has 0 radical (unpaired) electrons. The van der Waals surface area contributed by atoms with Crippen molar-refractivity contribution in [1.29, 1.82) is 0 Å². The molecule has 0 spiro atoms. The number of rotatable bonds is 3. The van der Waals surface area contributed by atoms with Crippen LogP contribution in [0, 0.1) is 17.7 Å². The third kappa shape index (κ3) is 4.22. The number of carbonyl (C=O) groups excluding carboxylic acids is 1. The number of carbonyl (C=O) groups is 1. The molecule has 33 heavy (non-hydrogen) atoms. The van der Waals surface area contributed by atoms with Crippen LogP contribution in [0.5, 0.6) is 11.5 Å². The normalized spacial score (nSPS) is 11.6. The van der Waals surface area contributed by atoms with Crippen molar-refractivity contribution >= 4 is 23.3 Å². The average molecular weight is 461 g/mol. The molecule has 1 aliphatic heterocycles. The quantitative estimate of drug-likeness (QED) is 0.457. The van der Waals surface area contributed by atoms with Crippen LogP contribution in [0.15, 0.2) is 67.0 Å². The third-order valence-electron chi connectivity index (χ3n) is 4.74. The first-order valence-corrected chi connectivity index (χ1v) is 10.1. The predicted molar refractivity (Wildman–Crippen MR) is 119 cm³/mol. The maximum atomic E-state index is 14.6. The Balaban J connectivity index is 1.38. The van der Waals surface area contributed by atoms with E-state index in [1.165, 1.54) is 23.1 Å². The highest BCUT2D eigenvalue weighted by atomic mass is 35.5. The monoisotopic (exact) mass is 460 g/mol. The van der Waals surface area contributed by atoms with Crippen molar-refractivity contribution in [1.82, 2.24) is 14.8 Å². The van der Waals surface area contributed by atoms with E-state index in [-0.39, 0.29) is 23.3 Å². The number of hydrogen-bond donors (Lipinski definition) is 1. The van der Waals surface area contributed by atoms with Gasteiger partial charge in [0.2, 0.25) is 6.79 Å². The number of nitrogens with one attached hydrogen (secondary N) is 1. The van der Waals surface area contributed by atoms with Gasteiger partial charge in [0, 0.05) is 23.4 Å². The molecule has 2 aromatic heterocycles. The second kappa shape index (κ2) is 8.65. The minimum atomic E-state index is -0.728. The largest absolute Gasteiger partial charge is 0.454 e. The van der Waals surface area contributed by atoms with Crippen molar-refractivity contribution in [2.45, 2.75) is 0 Å². The number of anilines is 1. The summed E-state index contributed by atoms with van der Waals surface area (Å²) < 4.78 is 26.6.